The van der Waals surface area contributed by atoms with E-state index in [1.54, 1.807) is 11.8 Å². The quantitative estimate of drug-likeness (QED) is 0.763. The van der Waals surface area contributed by atoms with Crippen LogP contribution in [-0.4, -0.2) is 30.1 Å². The van der Waals surface area contributed by atoms with Gasteiger partial charge < -0.3 is 5.32 Å². The lowest BCUT2D eigenvalue weighted by Crippen LogP contribution is -2.42. The molecule has 0 radical (unpaired) electrons. The summed E-state index contributed by atoms with van der Waals surface area (Å²) in [5, 5.41) is 6.16. The molecule has 3 atom stereocenters. The van der Waals surface area contributed by atoms with Crippen molar-refractivity contribution in [2.45, 2.75) is 19.4 Å². The van der Waals surface area contributed by atoms with Crippen LogP contribution in [0.4, 0.5) is 0 Å². The molecular formula is C9H17ClN2OS. The fourth-order valence-electron chi connectivity index (χ4n) is 1.60. The summed E-state index contributed by atoms with van der Waals surface area (Å²) in [6.07, 6.45) is 1.28. The SMILES string of the molecule is CC1CC1CNC(=O)C1CSCN1.Cl. The molecule has 3 nitrogen and oxygen atoms in total. The number of hydrogen-bond acceptors (Lipinski definition) is 3. The van der Waals surface area contributed by atoms with E-state index < -0.39 is 0 Å². The van der Waals surface area contributed by atoms with E-state index in [0.717, 1.165) is 30.0 Å². The topological polar surface area (TPSA) is 41.1 Å². The smallest absolute Gasteiger partial charge is 0.238 e. The van der Waals surface area contributed by atoms with Crippen LogP contribution in [0.5, 0.6) is 0 Å². The molecule has 1 saturated heterocycles. The molecule has 5 heteroatoms. The molecule has 1 saturated carbocycles. The van der Waals surface area contributed by atoms with Crippen LogP contribution in [0.3, 0.4) is 0 Å². The standard InChI is InChI=1S/C9H16N2OS.ClH/c1-6-2-7(6)3-10-9(12)8-4-13-5-11-8;/h6-8,11H,2-5H2,1H3,(H,10,12);1H. The van der Waals surface area contributed by atoms with E-state index in [0.29, 0.717) is 0 Å². The lowest BCUT2D eigenvalue weighted by molar-refractivity contribution is -0.122. The van der Waals surface area contributed by atoms with Crippen molar-refractivity contribution in [1.82, 2.24) is 10.6 Å². The summed E-state index contributed by atoms with van der Waals surface area (Å²) < 4.78 is 0. The Morgan fingerprint density at radius 3 is 2.86 bits per heavy atom. The van der Waals surface area contributed by atoms with E-state index in [1.165, 1.54) is 6.42 Å². The lowest BCUT2D eigenvalue weighted by Gasteiger charge is -2.09. The summed E-state index contributed by atoms with van der Waals surface area (Å²) in [7, 11) is 0. The fourth-order valence-corrected chi connectivity index (χ4v) is 2.54. The monoisotopic (exact) mass is 236 g/mol. The van der Waals surface area contributed by atoms with Crippen molar-refractivity contribution in [1.29, 1.82) is 0 Å². The molecule has 0 aromatic heterocycles. The molecule has 2 aliphatic rings. The summed E-state index contributed by atoms with van der Waals surface area (Å²) >= 11 is 1.79. The Morgan fingerprint density at radius 1 is 1.64 bits per heavy atom. The third-order valence-electron chi connectivity index (χ3n) is 2.85. The van der Waals surface area contributed by atoms with Gasteiger partial charge in [-0.2, -0.15) is 0 Å². The van der Waals surface area contributed by atoms with Gasteiger partial charge in [-0.15, -0.1) is 24.2 Å². The zero-order valence-electron chi connectivity index (χ0n) is 8.29. The molecule has 1 aliphatic heterocycles. The molecule has 1 aliphatic carbocycles. The molecule has 0 aromatic rings. The van der Waals surface area contributed by atoms with Crippen molar-refractivity contribution in [2.75, 3.05) is 18.2 Å². The zero-order chi connectivity index (χ0) is 9.26. The molecule has 2 fully saturated rings. The number of rotatable bonds is 3. The van der Waals surface area contributed by atoms with E-state index >= 15 is 0 Å². The fraction of sp³-hybridized carbons (Fsp3) is 0.889. The van der Waals surface area contributed by atoms with E-state index in [1.807, 2.05) is 0 Å². The summed E-state index contributed by atoms with van der Waals surface area (Å²) in [5.41, 5.74) is 0. The first-order chi connectivity index (χ1) is 6.27. The summed E-state index contributed by atoms with van der Waals surface area (Å²) in [4.78, 5) is 11.5. The first-order valence-electron chi connectivity index (χ1n) is 4.86. The van der Waals surface area contributed by atoms with Crippen LogP contribution in [0, 0.1) is 11.8 Å². The van der Waals surface area contributed by atoms with Gasteiger partial charge in [-0.05, 0) is 18.3 Å². The predicted molar refractivity (Wildman–Crippen MR) is 61.8 cm³/mol. The highest BCUT2D eigenvalue weighted by atomic mass is 35.5. The number of hydrogen-bond donors (Lipinski definition) is 2. The summed E-state index contributed by atoms with van der Waals surface area (Å²) in [6.45, 7) is 3.11. The average molecular weight is 237 g/mol. The van der Waals surface area contributed by atoms with Gasteiger partial charge in [-0.1, -0.05) is 6.92 Å². The number of amides is 1. The zero-order valence-corrected chi connectivity index (χ0v) is 9.92. The third kappa shape index (κ3) is 3.04. The molecule has 1 heterocycles. The van der Waals surface area contributed by atoms with Gasteiger partial charge in [0.2, 0.25) is 5.91 Å². The van der Waals surface area contributed by atoms with Crippen LogP contribution in [0.2, 0.25) is 0 Å². The second-order valence-corrected chi connectivity index (χ2v) is 5.02. The minimum Gasteiger partial charge on any atom is -0.354 e. The number of thioether (sulfide) groups is 1. The van der Waals surface area contributed by atoms with Crippen molar-refractivity contribution in [3.63, 3.8) is 0 Å². The van der Waals surface area contributed by atoms with Gasteiger partial charge in [-0.25, -0.2) is 0 Å². The third-order valence-corrected chi connectivity index (χ3v) is 3.79. The second kappa shape index (κ2) is 5.24. The van der Waals surface area contributed by atoms with Gasteiger partial charge in [0.1, 0.15) is 0 Å². The maximum atomic E-state index is 11.5. The second-order valence-electron chi connectivity index (χ2n) is 3.99. The van der Waals surface area contributed by atoms with Crippen LogP contribution in [0.1, 0.15) is 13.3 Å². The molecular weight excluding hydrogens is 220 g/mol. The van der Waals surface area contributed by atoms with E-state index in [-0.39, 0.29) is 24.4 Å². The van der Waals surface area contributed by atoms with Crippen LogP contribution < -0.4 is 10.6 Å². The Bertz CT molecular complexity index is 209. The van der Waals surface area contributed by atoms with Crippen LogP contribution >= 0.6 is 24.2 Å². The Balaban J connectivity index is 0.000000980. The van der Waals surface area contributed by atoms with Crippen molar-refractivity contribution >= 4 is 30.1 Å². The van der Waals surface area contributed by atoms with Crippen LogP contribution in [-0.2, 0) is 4.79 Å². The number of carbonyl (C=O) groups is 1. The van der Waals surface area contributed by atoms with Crippen molar-refractivity contribution < 1.29 is 4.79 Å². The van der Waals surface area contributed by atoms with E-state index in [9.17, 15) is 4.79 Å². The molecule has 2 N–H and O–H groups in total. The van der Waals surface area contributed by atoms with Crippen LogP contribution in [0.25, 0.3) is 0 Å². The van der Waals surface area contributed by atoms with Crippen molar-refractivity contribution in [3.8, 4) is 0 Å². The molecule has 1 amide bonds. The maximum Gasteiger partial charge on any atom is 0.238 e. The van der Waals surface area contributed by atoms with Gasteiger partial charge in [0.15, 0.2) is 0 Å². The largest absolute Gasteiger partial charge is 0.354 e. The maximum absolute atomic E-state index is 11.5. The van der Waals surface area contributed by atoms with Gasteiger partial charge in [0.25, 0.3) is 0 Å². The highest BCUT2D eigenvalue weighted by Crippen LogP contribution is 2.36. The average Bonchev–Trinajstić information content (AvgIpc) is 2.67. The molecule has 0 aromatic carbocycles. The summed E-state index contributed by atoms with van der Waals surface area (Å²) in [6, 6.07) is 0.0547. The molecule has 14 heavy (non-hydrogen) atoms. The molecule has 82 valence electrons. The normalized spacial score (nSPS) is 34.8. The Morgan fingerprint density at radius 2 is 2.36 bits per heavy atom. The van der Waals surface area contributed by atoms with Gasteiger partial charge in [-0.3, -0.25) is 10.1 Å². The minimum atomic E-state index is 0. The van der Waals surface area contributed by atoms with Crippen LogP contribution in [0.15, 0.2) is 0 Å². The van der Waals surface area contributed by atoms with E-state index in [2.05, 4.69) is 17.6 Å². The first kappa shape index (κ1) is 12.1. The molecule has 2 rings (SSSR count). The van der Waals surface area contributed by atoms with Gasteiger partial charge in [0.05, 0.1) is 6.04 Å². The lowest BCUT2D eigenvalue weighted by atomic mass is 10.3. The number of halogens is 1. The highest BCUT2D eigenvalue weighted by Gasteiger charge is 2.33. The molecule has 0 spiro atoms. The first-order valence-corrected chi connectivity index (χ1v) is 6.01. The minimum absolute atomic E-state index is 0. The van der Waals surface area contributed by atoms with E-state index in [4.69, 9.17) is 0 Å². The van der Waals surface area contributed by atoms with Gasteiger partial charge in [0, 0.05) is 18.2 Å². The summed E-state index contributed by atoms with van der Waals surface area (Å²) in [5.74, 6) is 3.59. The van der Waals surface area contributed by atoms with Gasteiger partial charge >= 0.3 is 0 Å². The number of nitrogens with one attached hydrogen (secondary N) is 2. The van der Waals surface area contributed by atoms with Crippen molar-refractivity contribution in [2.24, 2.45) is 11.8 Å². The Labute approximate surface area is 95.2 Å². The molecule has 0 bridgehead atoms. The Hall–Kier alpha value is 0.0700. The highest BCUT2D eigenvalue weighted by molar-refractivity contribution is 7.99. The number of carbonyl (C=O) groups excluding carboxylic acids is 1. The molecule has 3 unspecified atom stereocenters. The predicted octanol–water partition coefficient (Wildman–Crippen LogP) is 0.843. The van der Waals surface area contributed by atoms with Crippen molar-refractivity contribution in [3.05, 3.63) is 0 Å². The Kier molecular flexibility index (Phi) is 4.54.